The summed E-state index contributed by atoms with van der Waals surface area (Å²) < 4.78 is 0. The van der Waals surface area contributed by atoms with Crippen molar-refractivity contribution < 1.29 is 9.90 Å². The Labute approximate surface area is 113 Å². The summed E-state index contributed by atoms with van der Waals surface area (Å²) in [5, 5.41) is 10.2. The van der Waals surface area contributed by atoms with E-state index in [1.165, 1.54) is 18.0 Å². The van der Waals surface area contributed by atoms with Crippen molar-refractivity contribution in [2.75, 3.05) is 0 Å². The second-order valence-corrected chi connectivity index (χ2v) is 4.96. The van der Waals surface area contributed by atoms with E-state index in [-0.39, 0.29) is 5.56 Å². The Kier molecular flexibility index (Phi) is 3.84. The Hall–Kier alpha value is -1.59. The summed E-state index contributed by atoms with van der Waals surface area (Å²) in [6.07, 6.45) is 2.96. The highest BCUT2D eigenvalue weighted by Gasteiger charge is 2.14. The van der Waals surface area contributed by atoms with Gasteiger partial charge >= 0.3 is 5.97 Å². The molecule has 0 amide bonds. The lowest BCUT2D eigenvalue weighted by Crippen LogP contribution is -2.01. The first-order valence-electron chi connectivity index (χ1n) is 5.06. The van der Waals surface area contributed by atoms with Crippen LogP contribution < -0.4 is 0 Å². The molecule has 0 spiro atoms. The van der Waals surface area contributed by atoms with Gasteiger partial charge in [0.2, 0.25) is 0 Å². The Bertz CT molecular complexity index is 604. The minimum atomic E-state index is -1.02. The van der Waals surface area contributed by atoms with Crippen molar-refractivity contribution >= 4 is 29.3 Å². The molecular weight excluding hydrogens is 272 g/mol. The highest BCUT2D eigenvalue weighted by Crippen LogP contribution is 2.33. The number of aromatic nitrogens is 2. The molecule has 2 heterocycles. The third-order valence-electron chi connectivity index (χ3n) is 2.16. The lowest BCUT2D eigenvalue weighted by molar-refractivity contribution is 0.0692. The number of carboxylic acid groups (broad SMARTS) is 1. The van der Waals surface area contributed by atoms with Crippen molar-refractivity contribution in [2.24, 2.45) is 0 Å². The predicted molar refractivity (Wildman–Crippen MR) is 69.3 cm³/mol. The SMILES string of the molecule is Cc1cc(Sc2ncccc2Cl)c(C(=O)O)cn1. The number of rotatable bonds is 3. The molecule has 0 saturated carbocycles. The fourth-order valence-corrected chi connectivity index (χ4v) is 2.53. The van der Waals surface area contributed by atoms with Crippen LogP contribution in [0.25, 0.3) is 0 Å². The molecule has 0 unspecified atom stereocenters. The van der Waals surface area contributed by atoms with Gasteiger partial charge in [-0.25, -0.2) is 9.78 Å². The fourth-order valence-electron chi connectivity index (χ4n) is 1.33. The molecule has 0 bridgehead atoms. The Morgan fingerprint density at radius 1 is 1.44 bits per heavy atom. The third kappa shape index (κ3) is 2.80. The first-order chi connectivity index (χ1) is 8.58. The van der Waals surface area contributed by atoms with Crippen molar-refractivity contribution in [1.82, 2.24) is 9.97 Å². The average molecular weight is 281 g/mol. The maximum Gasteiger partial charge on any atom is 0.338 e. The van der Waals surface area contributed by atoms with E-state index in [4.69, 9.17) is 16.7 Å². The maximum absolute atomic E-state index is 11.1. The highest BCUT2D eigenvalue weighted by atomic mass is 35.5. The topological polar surface area (TPSA) is 63.1 Å². The number of hydrogen-bond donors (Lipinski definition) is 1. The number of hydrogen-bond acceptors (Lipinski definition) is 4. The molecule has 0 saturated heterocycles. The highest BCUT2D eigenvalue weighted by molar-refractivity contribution is 7.99. The number of halogens is 1. The molecule has 2 rings (SSSR count). The van der Waals surface area contributed by atoms with Crippen LogP contribution in [0.15, 0.2) is 40.5 Å². The van der Waals surface area contributed by atoms with Crippen molar-refractivity contribution in [3.05, 3.63) is 46.9 Å². The van der Waals surface area contributed by atoms with E-state index in [9.17, 15) is 4.79 Å². The number of aromatic carboxylic acids is 1. The zero-order valence-corrected chi connectivity index (χ0v) is 11.0. The quantitative estimate of drug-likeness (QED) is 0.935. The van der Waals surface area contributed by atoms with Crippen LogP contribution in [0, 0.1) is 6.92 Å². The number of carbonyl (C=O) groups is 1. The predicted octanol–water partition coefficient (Wildman–Crippen LogP) is 3.29. The molecule has 92 valence electrons. The minimum absolute atomic E-state index is 0.146. The van der Waals surface area contributed by atoms with Crippen molar-refractivity contribution in [3.63, 3.8) is 0 Å². The van der Waals surface area contributed by atoms with Crippen LogP contribution in [-0.2, 0) is 0 Å². The second-order valence-electron chi connectivity index (χ2n) is 3.52. The van der Waals surface area contributed by atoms with Gasteiger partial charge in [0.1, 0.15) is 5.03 Å². The molecule has 2 aromatic rings. The molecule has 18 heavy (non-hydrogen) atoms. The summed E-state index contributed by atoms with van der Waals surface area (Å²) in [6.45, 7) is 1.80. The normalized spacial score (nSPS) is 10.3. The van der Waals surface area contributed by atoms with Gasteiger partial charge in [0.25, 0.3) is 0 Å². The average Bonchev–Trinajstić information content (AvgIpc) is 2.32. The summed E-state index contributed by atoms with van der Waals surface area (Å²) >= 11 is 7.22. The first kappa shape index (κ1) is 12.9. The largest absolute Gasteiger partial charge is 0.478 e. The summed E-state index contributed by atoms with van der Waals surface area (Å²) in [5.41, 5.74) is 0.891. The van der Waals surface area contributed by atoms with Crippen molar-refractivity contribution in [1.29, 1.82) is 0 Å². The molecule has 1 N–H and O–H groups in total. The standard InChI is InChI=1S/C12H9ClN2O2S/c1-7-5-10(8(6-15-7)12(16)17)18-11-9(13)3-2-4-14-11/h2-6H,1H3,(H,16,17). The molecule has 0 atom stereocenters. The van der Waals surface area contributed by atoms with Gasteiger partial charge in [-0.05, 0) is 25.1 Å². The molecule has 2 aromatic heterocycles. The Morgan fingerprint density at radius 3 is 2.89 bits per heavy atom. The minimum Gasteiger partial charge on any atom is -0.478 e. The van der Waals surface area contributed by atoms with Crippen LogP contribution >= 0.6 is 23.4 Å². The zero-order valence-electron chi connectivity index (χ0n) is 9.42. The maximum atomic E-state index is 11.1. The summed E-state index contributed by atoms with van der Waals surface area (Å²) in [4.78, 5) is 19.8. The molecular formula is C12H9ClN2O2S. The van der Waals surface area contributed by atoms with Crippen molar-refractivity contribution in [3.8, 4) is 0 Å². The first-order valence-corrected chi connectivity index (χ1v) is 6.25. The van der Waals surface area contributed by atoms with Gasteiger partial charge < -0.3 is 5.11 Å². The number of aryl methyl sites for hydroxylation is 1. The van der Waals surface area contributed by atoms with E-state index in [2.05, 4.69) is 9.97 Å². The number of pyridine rings is 2. The van der Waals surface area contributed by atoms with Gasteiger partial charge in [-0.15, -0.1) is 0 Å². The van der Waals surface area contributed by atoms with Crippen LogP contribution in [0.3, 0.4) is 0 Å². The number of carboxylic acids is 1. The van der Waals surface area contributed by atoms with E-state index >= 15 is 0 Å². The smallest absolute Gasteiger partial charge is 0.338 e. The molecule has 0 fully saturated rings. The van der Waals surface area contributed by atoms with Gasteiger partial charge in [-0.2, -0.15) is 0 Å². The van der Waals surface area contributed by atoms with E-state index in [1.54, 1.807) is 31.3 Å². The lowest BCUT2D eigenvalue weighted by Gasteiger charge is -2.06. The van der Waals surface area contributed by atoms with Gasteiger partial charge in [-0.3, -0.25) is 4.98 Å². The van der Waals surface area contributed by atoms with Gasteiger partial charge in [-0.1, -0.05) is 23.4 Å². The van der Waals surface area contributed by atoms with Crippen LogP contribution in [0.2, 0.25) is 5.02 Å². The van der Waals surface area contributed by atoms with Gasteiger partial charge in [0.05, 0.1) is 10.6 Å². The van der Waals surface area contributed by atoms with Crippen LogP contribution in [0.4, 0.5) is 0 Å². The van der Waals surface area contributed by atoms with Crippen LogP contribution in [-0.4, -0.2) is 21.0 Å². The molecule has 0 aliphatic heterocycles. The lowest BCUT2D eigenvalue weighted by atomic mass is 10.2. The van der Waals surface area contributed by atoms with Crippen molar-refractivity contribution in [2.45, 2.75) is 16.8 Å². The van der Waals surface area contributed by atoms with E-state index in [0.29, 0.717) is 14.9 Å². The molecule has 6 heteroatoms. The van der Waals surface area contributed by atoms with Gasteiger partial charge in [0, 0.05) is 23.0 Å². The molecule has 4 nitrogen and oxygen atoms in total. The van der Waals surface area contributed by atoms with Gasteiger partial charge in [0.15, 0.2) is 0 Å². The van der Waals surface area contributed by atoms with Crippen LogP contribution in [0.1, 0.15) is 16.1 Å². The Morgan fingerprint density at radius 2 is 2.22 bits per heavy atom. The number of nitrogens with zero attached hydrogens (tertiary/aromatic N) is 2. The second kappa shape index (κ2) is 5.37. The van der Waals surface area contributed by atoms with E-state index in [1.807, 2.05) is 0 Å². The molecule has 0 aliphatic rings. The summed E-state index contributed by atoms with van der Waals surface area (Å²) in [7, 11) is 0. The summed E-state index contributed by atoms with van der Waals surface area (Å²) in [6, 6.07) is 5.15. The summed E-state index contributed by atoms with van der Waals surface area (Å²) in [5.74, 6) is -1.02. The molecule has 0 radical (unpaired) electrons. The van der Waals surface area contributed by atoms with E-state index < -0.39 is 5.97 Å². The molecule has 0 aromatic carbocycles. The van der Waals surface area contributed by atoms with Crippen LogP contribution in [0.5, 0.6) is 0 Å². The zero-order chi connectivity index (χ0) is 13.1. The fraction of sp³-hybridized carbons (Fsp3) is 0.0833. The third-order valence-corrected chi connectivity index (χ3v) is 3.66. The Balaban J connectivity index is 2.42. The monoisotopic (exact) mass is 280 g/mol. The van der Waals surface area contributed by atoms with E-state index in [0.717, 1.165) is 5.69 Å². The molecule has 0 aliphatic carbocycles.